The number of nitrogens with one attached hydrogen (secondary N) is 2. The molecule has 0 aliphatic rings. The quantitative estimate of drug-likeness (QED) is 0.707. The van der Waals surface area contributed by atoms with E-state index in [0.717, 1.165) is 16.1 Å². The van der Waals surface area contributed by atoms with E-state index in [1.165, 1.54) is 18.7 Å². The van der Waals surface area contributed by atoms with Crippen LogP contribution in [-0.4, -0.2) is 24.7 Å². The predicted molar refractivity (Wildman–Crippen MR) is 112 cm³/mol. The van der Waals surface area contributed by atoms with E-state index in [2.05, 4.69) is 31.4 Å². The molecule has 2 aromatic carbocycles. The lowest BCUT2D eigenvalue weighted by Gasteiger charge is -2.21. The van der Waals surface area contributed by atoms with E-state index in [1.54, 1.807) is 7.11 Å². The van der Waals surface area contributed by atoms with Crippen molar-refractivity contribution in [3.05, 3.63) is 48.0 Å². The Morgan fingerprint density at radius 2 is 1.70 bits per heavy atom. The molecule has 0 aliphatic heterocycles. The second-order valence-corrected chi connectivity index (χ2v) is 8.26. The molecule has 0 saturated carbocycles. The highest BCUT2D eigenvalue weighted by atomic mass is 32.2. The van der Waals surface area contributed by atoms with Gasteiger partial charge in [-0.25, -0.2) is 0 Å². The molecule has 0 radical (unpaired) electrons. The summed E-state index contributed by atoms with van der Waals surface area (Å²) in [6.07, 6.45) is 0. The lowest BCUT2D eigenvalue weighted by molar-refractivity contribution is -0.114. The summed E-state index contributed by atoms with van der Waals surface area (Å²) in [5.41, 5.74) is 2.52. The Morgan fingerprint density at radius 3 is 2.26 bits per heavy atom. The molecule has 0 spiro atoms. The average Bonchev–Trinajstić information content (AvgIpc) is 2.60. The molecule has 6 heteroatoms. The van der Waals surface area contributed by atoms with Crippen molar-refractivity contribution in [2.75, 3.05) is 23.5 Å². The van der Waals surface area contributed by atoms with Gasteiger partial charge in [-0.1, -0.05) is 26.8 Å². The van der Waals surface area contributed by atoms with Crippen LogP contribution in [0.5, 0.6) is 5.75 Å². The summed E-state index contributed by atoms with van der Waals surface area (Å²) in [6, 6.07) is 13.2. The summed E-state index contributed by atoms with van der Waals surface area (Å²) >= 11 is 1.43. The molecule has 5 nitrogen and oxygen atoms in total. The van der Waals surface area contributed by atoms with Gasteiger partial charge in [-0.3, -0.25) is 9.59 Å². The maximum Gasteiger partial charge on any atom is 0.234 e. The average molecular weight is 387 g/mol. The van der Waals surface area contributed by atoms with Crippen LogP contribution in [0.25, 0.3) is 0 Å². The molecule has 0 atom stereocenters. The van der Waals surface area contributed by atoms with Crippen molar-refractivity contribution in [2.24, 2.45) is 0 Å². The van der Waals surface area contributed by atoms with Gasteiger partial charge in [-0.05, 0) is 47.4 Å². The van der Waals surface area contributed by atoms with Crippen molar-refractivity contribution < 1.29 is 14.3 Å². The van der Waals surface area contributed by atoms with Crippen LogP contribution >= 0.6 is 11.8 Å². The summed E-state index contributed by atoms with van der Waals surface area (Å²) in [7, 11) is 1.59. The third kappa shape index (κ3) is 6.32. The maximum atomic E-state index is 12.4. The van der Waals surface area contributed by atoms with Crippen LogP contribution < -0.4 is 15.4 Å². The van der Waals surface area contributed by atoms with Gasteiger partial charge in [0.15, 0.2) is 0 Å². The molecule has 0 saturated heterocycles. The van der Waals surface area contributed by atoms with Crippen LogP contribution in [0.4, 0.5) is 11.4 Å². The van der Waals surface area contributed by atoms with E-state index in [1.807, 2.05) is 42.5 Å². The third-order valence-electron chi connectivity index (χ3n) is 3.88. The van der Waals surface area contributed by atoms with Crippen LogP contribution in [0, 0.1) is 0 Å². The molecule has 27 heavy (non-hydrogen) atoms. The van der Waals surface area contributed by atoms with E-state index in [-0.39, 0.29) is 23.0 Å². The molecular formula is C21H26N2O3S. The van der Waals surface area contributed by atoms with Gasteiger partial charge >= 0.3 is 0 Å². The largest absolute Gasteiger partial charge is 0.495 e. The fourth-order valence-corrected chi connectivity index (χ4v) is 3.14. The van der Waals surface area contributed by atoms with Gasteiger partial charge in [0, 0.05) is 17.5 Å². The normalized spacial score (nSPS) is 11.0. The van der Waals surface area contributed by atoms with Crippen molar-refractivity contribution >= 4 is 35.0 Å². The summed E-state index contributed by atoms with van der Waals surface area (Å²) in [6.45, 7) is 7.85. The molecule has 0 heterocycles. The summed E-state index contributed by atoms with van der Waals surface area (Å²) < 4.78 is 5.37. The van der Waals surface area contributed by atoms with Crippen molar-refractivity contribution in [1.82, 2.24) is 0 Å². The van der Waals surface area contributed by atoms with Crippen LogP contribution in [0.1, 0.15) is 33.3 Å². The maximum absolute atomic E-state index is 12.4. The highest BCUT2D eigenvalue weighted by Crippen LogP contribution is 2.31. The van der Waals surface area contributed by atoms with E-state index in [9.17, 15) is 9.59 Å². The number of benzene rings is 2. The Balaban J connectivity index is 2.00. The molecule has 2 aromatic rings. The van der Waals surface area contributed by atoms with Gasteiger partial charge in [-0.15, -0.1) is 11.8 Å². The first-order valence-corrected chi connectivity index (χ1v) is 9.66. The number of carbonyl (C=O) groups is 2. The van der Waals surface area contributed by atoms with Crippen molar-refractivity contribution in [3.8, 4) is 5.75 Å². The van der Waals surface area contributed by atoms with E-state index >= 15 is 0 Å². The zero-order chi connectivity index (χ0) is 20.0. The van der Waals surface area contributed by atoms with Gasteiger partial charge < -0.3 is 15.4 Å². The molecule has 144 valence electrons. The first-order valence-electron chi connectivity index (χ1n) is 8.68. The fourth-order valence-electron chi connectivity index (χ4n) is 2.45. The van der Waals surface area contributed by atoms with Gasteiger partial charge in [0.1, 0.15) is 5.75 Å². The van der Waals surface area contributed by atoms with Crippen LogP contribution in [0.2, 0.25) is 0 Å². The second kappa shape index (κ2) is 8.95. The predicted octanol–water partition coefficient (Wildman–Crippen LogP) is 4.68. The van der Waals surface area contributed by atoms with E-state index in [4.69, 9.17) is 4.74 Å². The number of rotatable bonds is 6. The van der Waals surface area contributed by atoms with E-state index < -0.39 is 0 Å². The van der Waals surface area contributed by atoms with E-state index in [0.29, 0.717) is 11.4 Å². The highest BCUT2D eigenvalue weighted by Gasteiger charge is 2.17. The molecule has 0 unspecified atom stereocenters. The summed E-state index contributed by atoms with van der Waals surface area (Å²) in [5, 5.41) is 5.66. The van der Waals surface area contributed by atoms with Gasteiger partial charge in [0.2, 0.25) is 11.8 Å². The second-order valence-electron chi connectivity index (χ2n) is 7.21. The number of carbonyl (C=O) groups excluding carboxylic acids is 2. The molecule has 0 aliphatic carbocycles. The molecule has 0 aromatic heterocycles. The van der Waals surface area contributed by atoms with Crippen molar-refractivity contribution in [2.45, 2.75) is 38.0 Å². The summed E-state index contributed by atoms with van der Waals surface area (Å²) in [4.78, 5) is 24.4. The standard InChI is InChI=1S/C21H26N2O3S/c1-14(24)22-16-7-9-17(10-8-16)27-13-20(25)23-18-12-15(21(2,3)4)6-11-19(18)26-5/h6-12H,13H2,1-5H3,(H,22,24)(H,23,25). The zero-order valence-corrected chi connectivity index (χ0v) is 17.2. The Morgan fingerprint density at radius 1 is 1.04 bits per heavy atom. The number of methoxy groups -OCH3 is 1. The Bertz CT molecular complexity index is 811. The number of thioether (sulfide) groups is 1. The number of ether oxygens (including phenoxy) is 1. The fraction of sp³-hybridized carbons (Fsp3) is 0.333. The van der Waals surface area contributed by atoms with Crippen LogP contribution in [-0.2, 0) is 15.0 Å². The minimum Gasteiger partial charge on any atom is -0.495 e. The number of anilines is 2. The first kappa shape index (κ1) is 20.8. The minimum atomic E-state index is -0.110. The Labute approximate surface area is 164 Å². The Hall–Kier alpha value is -2.47. The number of hydrogen-bond donors (Lipinski definition) is 2. The van der Waals surface area contributed by atoms with Gasteiger partial charge in [0.25, 0.3) is 0 Å². The topological polar surface area (TPSA) is 67.4 Å². The highest BCUT2D eigenvalue weighted by molar-refractivity contribution is 8.00. The Kier molecular flexibility index (Phi) is 6.91. The lowest BCUT2D eigenvalue weighted by Crippen LogP contribution is -2.16. The van der Waals surface area contributed by atoms with Crippen molar-refractivity contribution in [3.63, 3.8) is 0 Å². The smallest absolute Gasteiger partial charge is 0.234 e. The molecular weight excluding hydrogens is 360 g/mol. The monoisotopic (exact) mass is 386 g/mol. The molecule has 0 bridgehead atoms. The minimum absolute atomic E-state index is 0.0177. The zero-order valence-electron chi connectivity index (χ0n) is 16.4. The van der Waals surface area contributed by atoms with Gasteiger partial charge in [0.05, 0.1) is 18.6 Å². The molecule has 0 fully saturated rings. The van der Waals surface area contributed by atoms with Gasteiger partial charge in [-0.2, -0.15) is 0 Å². The number of amides is 2. The summed E-state index contributed by atoms with van der Waals surface area (Å²) in [5.74, 6) is 0.708. The first-order chi connectivity index (χ1) is 12.7. The lowest BCUT2D eigenvalue weighted by atomic mass is 9.87. The number of hydrogen-bond acceptors (Lipinski definition) is 4. The van der Waals surface area contributed by atoms with Crippen molar-refractivity contribution in [1.29, 1.82) is 0 Å². The molecule has 2 amide bonds. The molecule has 2 N–H and O–H groups in total. The SMILES string of the molecule is COc1ccc(C(C)(C)C)cc1NC(=O)CSc1ccc(NC(C)=O)cc1. The van der Waals surface area contributed by atoms with Crippen LogP contribution in [0.15, 0.2) is 47.4 Å². The molecule has 2 rings (SSSR count). The van der Waals surface area contributed by atoms with Crippen LogP contribution in [0.3, 0.4) is 0 Å². The third-order valence-corrected chi connectivity index (χ3v) is 4.90.